The monoisotopic (exact) mass is 415 g/mol. The van der Waals surface area contributed by atoms with E-state index in [9.17, 15) is 8.42 Å². The van der Waals surface area contributed by atoms with E-state index >= 15 is 0 Å². The molecule has 108 valence electrons. The van der Waals surface area contributed by atoms with Gasteiger partial charge in [0, 0.05) is 15.5 Å². The molecule has 0 saturated carbocycles. The normalized spacial score (nSPS) is 11.8. The zero-order valence-corrected chi connectivity index (χ0v) is 14.3. The fourth-order valence-electron chi connectivity index (χ4n) is 1.33. The highest BCUT2D eigenvalue weighted by Gasteiger charge is 2.18. The molecule has 5 nitrogen and oxygen atoms in total. The van der Waals surface area contributed by atoms with Gasteiger partial charge < -0.3 is 9.84 Å². The molecule has 0 aromatic heterocycles. The Morgan fingerprint density at radius 1 is 1.26 bits per heavy atom. The molecule has 0 fully saturated rings. The van der Waals surface area contributed by atoms with Crippen LogP contribution in [-0.2, 0) is 14.8 Å². The van der Waals surface area contributed by atoms with E-state index in [1.54, 1.807) is 12.1 Å². The lowest BCUT2D eigenvalue weighted by Crippen LogP contribution is -2.28. The van der Waals surface area contributed by atoms with Gasteiger partial charge >= 0.3 is 0 Å². The first-order valence-electron chi connectivity index (χ1n) is 5.52. The molecule has 0 aliphatic rings. The van der Waals surface area contributed by atoms with Crippen LogP contribution < -0.4 is 4.72 Å². The Kier molecular flexibility index (Phi) is 6.92. The van der Waals surface area contributed by atoms with Gasteiger partial charge in [-0.1, -0.05) is 15.9 Å². The predicted octanol–water partition coefficient (Wildman–Crippen LogP) is 1.81. The van der Waals surface area contributed by atoms with Crippen LogP contribution >= 0.6 is 31.9 Å². The smallest absolute Gasteiger partial charge is 0.241 e. The van der Waals surface area contributed by atoms with Crippen molar-refractivity contribution >= 4 is 41.9 Å². The number of sulfonamides is 1. The fourth-order valence-corrected chi connectivity index (χ4v) is 4.01. The minimum atomic E-state index is -3.59. The van der Waals surface area contributed by atoms with Crippen molar-refractivity contribution in [3.05, 3.63) is 26.6 Å². The Labute approximate surface area is 129 Å². The molecular formula is C11H15Br2NO4S. The molecule has 8 heteroatoms. The lowest BCUT2D eigenvalue weighted by Gasteiger charge is -2.10. The number of rotatable bonds is 7. The Morgan fingerprint density at radius 2 is 1.95 bits per heavy atom. The van der Waals surface area contributed by atoms with E-state index in [0.29, 0.717) is 4.47 Å². The molecule has 0 aliphatic carbocycles. The molecule has 1 aromatic carbocycles. The van der Waals surface area contributed by atoms with Gasteiger partial charge in [-0.05, 0) is 40.5 Å². The van der Waals surface area contributed by atoms with Gasteiger partial charge in [-0.3, -0.25) is 0 Å². The zero-order valence-electron chi connectivity index (χ0n) is 10.3. The highest BCUT2D eigenvalue weighted by molar-refractivity contribution is 9.11. The molecule has 19 heavy (non-hydrogen) atoms. The zero-order chi connectivity index (χ0) is 14.5. The quantitative estimate of drug-likeness (QED) is 0.664. The number of aryl methyl sites for hydroxylation is 1. The molecule has 1 rings (SSSR count). The van der Waals surface area contributed by atoms with Gasteiger partial charge in [0.25, 0.3) is 0 Å². The number of ether oxygens (including phenoxy) is 1. The van der Waals surface area contributed by atoms with Crippen molar-refractivity contribution in [3.8, 4) is 0 Å². The topological polar surface area (TPSA) is 75.6 Å². The van der Waals surface area contributed by atoms with Gasteiger partial charge in [0.1, 0.15) is 0 Å². The highest BCUT2D eigenvalue weighted by Crippen LogP contribution is 2.28. The van der Waals surface area contributed by atoms with Crippen molar-refractivity contribution < 1.29 is 18.3 Å². The number of hydrogen-bond donors (Lipinski definition) is 2. The Bertz CT molecular complexity index is 534. The molecule has 0 amide bonds. The van der Waals surface area contributed by atoms with Crippen LogP contribution in [0.15, 0.2) is 26.0 Å². The summed E-state index contributed by atoms with van der Waals surface area (Å²) in [5.74, 6) is 0. The van der Waals surface area contributed by atoms with Crippen molar-refractivity contribution in [3.63, 3.8) is 0 Å². The van der Waals surface area contributed by atoms with Gasteiger partial charge in [-0.25, -0.2) is 13.1 Å². The third-order valence-corrected chi connectivity index (χ3v) is 5.55. The summed E-state index contributed by atoms with van der Waals surface area (Å²) < 4.78 is 32.8. The maximum atomic E-state index is 12.1. The second-order valence-electron chi connectivity index (χ2n) is 3.77. The molecular weight excluding hydrogens is 402 g/mol. The number of halogens is 2. The Morgan fingerprint density at radius 3 is 2.58 bits per heavy atom. The standard InChI is InChI=1S/C11H15Br2NO4S/c1-8-6-10(13)11(7-9(8)12)19(16,17)14-2-4-18-5-3-15/h6-7,14-15H,2-5H2,1H3. The summed E-state index contributed by atoms with van der Waals surface area (Å²) in [6.45, 7) is 2.36. The second-order valence-corrected chi connectivity index (χ2v) is 7.21. The maximum Gasteiger partial charge on any atom is 0.241 e. The molecule has 0 radical (unpaired) electrons. The molecule has 0 heterocycles. The minimum absolute atomic E-state index is 0.0802. The summed E-state index contributed by atoms with van der Waals surface area (Å²) in [5, 5.41) is 8.52. The maximum absolute atomic E-state index is 12.1. The first-order chi connectivity index (χ1) is 8.88. The SMILES string of the molecule is Cc1cc(Br)c(S(=O)(=O)NCCOCCO)cc1Br. The summed E-state index contributed by atoms with van der Waals surface area (Å²) >= 11 is 6.56. The van der Waals surface area contributed by atoms with Crippen molar-refractivity contribution in [2.75, 3.05) is 26.4 Å². The van der Waals surface area contributed by atoms with Gasteiger partial charge in [-0.15, -0.1) is 0 Å². The van der Waals surface area contributed by atoms with E-state index in [1.165, 1.54) is 0 Å². The molecule has 0 atom stereocenters. The lowest BCUT2D eigenvalue weighted by atomic mass is 10.2. The van der Waals surface area contributed by atoms with Crippen molar-refractivity contribution in [1.29, 1.82) is 0 Å². The second kappa shape index (κ2) is 7.70. The van der Waals surface area contributed by atoms with Gasteiger partial charge in [-0.2, -0.15) is 0 Å². The molecule has 0 bridgehead atoms. The minimum Gasteiger partial charge on any atom is -0.394 e. The molecule has 0 aliphatic heterocycles. The van der Waals surface area contributed by atoms with Crippen LogP contribution in [0.1, 0.15) is 5.56 Å². The van der Waals surface area contributed by atoms with Gasteiger partial charge in [0.2, 0.25) is 10.0 Å². The van der Waals surface area contributed by atoms with E-state index in [4.69, 9.17) is 9.84 Å². The third-order valence-electron chi connectivity index (χ3n) is 2.28. The van der Waals surface area contributed by atoms with Gasteiger partial charge in [0.05, 0.1) is 24.7 Å². The van der Waals surface area contributed by atoms with E-state index < -0.39 is 10.0 Å². The molecule has 0 unspecified atom stereocenters. The number of benzene rings is 1. The number of hydrogen-bond acceptors (Lipinski definition) is 4. The Balaban J connectivity index is 2.75. The van der Waals surface area contributed by atoms with Crippen LogP contribution in [0.3, 0.4) is 0 Å². The third kappa shape index (κ3) is 5.13. The average Bonchev–Trinajstić information content (AvgIpc) is 2.33. The summed E-state index contributed by atoms with van der Waals surface area (Å²) in [5.41, 5.74) is 0.942. The van der Waals surface area contributed by atoms with Crippen LogP contribution in [0, 0.1) is 6.92 Å². The number of aliphatic hydroxyl groups excluding tert-OH is 1. The van der Waals surface area contributed by atoms with Crippen molar-refractivity contribution in [2.24, 2.45) is 0 Å². The van der Waals surface area contributed by atoms with Crippen LogP contribution in [0.2, 0.25) is 0 Å². The average molecular weight is 417 g/mol. The van der Waals surface area contributed by atoms with E-state index in [1.807, 2.05) is 6.92 Å². The lowest BCUT2D eigenvalue weighted by molar-refractivity contribution is 0.0961. The first-order valence-corrected chi connectivity index (χ1v) is 8.59. The fraction of sp³-hybridized carbons (Fsp3) is 0.455. The van der Waals surface area contributed by atoms with Gasteiger partial charge in [0.15, 0.2) is 0 Å². The number of aliphatic hydroxyl groups is 1. The van der Waals surface area contributed by atoms with Crippen LogP contribution in [0.4, 0.5) is 0 Å². The summed E-state index contributed by atoms with van der Waals surface area (Å²) in [4.78, 5) is 0.173. The molecule has 2 N–H and O–H groups in total. The summed E-state index contributed by atoms with van der Waals surface area (Å²) in [7, 11) is -3.59. The Hall–Kier alpha value is 0.01000. The van der Waals surface area contributed by atoms with Crippen molar-refractivity contribution in [2.45, 2.75) is 11.8 Å². The summed E-state index contributed by atoms with van der Waals surface area (Å²) in [6.07, 6.45) is 0. The number of nitrogens with one attached hydrogen (secondary N) is 1. The first kappa shape index (κ1) is 17.1. The van der Waals surface area contributed by atoms with E-state index in [0.717, 1.165) is 10.0 Å². The molecule has 1 aromatic rings. The van der Waals surface area contributed by atoms with E-state index in [2.05, 4.69) is 36.6 Å². The summed E-state index contributed by atoms with van der Waals surface area (Å²) in [6, 6.07) is 3.29. The largest absolute Gasteiger partial charge is 0.394 e. The molecule has 0 spiro atoms. The van der Waals surface area contributed by atoms with E-state index in [-0.39, 0.29) is 31.3 Å². The van der Waals surface area contributed by atoms with Crippen LogP contribution in [-0.4, -0.2) is 39.9 Å². The van der Waals surface area contributed by atoms with Crippen LogP contribution in [0.5, 0.6) is 0 Å². The van der Waals surface area contributed by atoms with Crippen LogP contribution in [0.25, 0.3) is 0 Å². The molecule has 0 saturated heterocycles. The predicted molar refractivity (Wildman–Crippen MR) is 79.7 cm³/mol. The van der Waals surface area contributed by atoms with Crippen molar-refractivity contribution in [1.82, 2.24) is 4.72 Å². The highest BCUT2D eigenvalue weighted by atomic mass is 79.9.